The molecule has 0 aromatic carbocycles. The molecule has 0 N–H and O–H groups in total. The molecule has 2 heteroatoms. The van der Waals surface area contributed by atoms with Crippen molar-refractivity contribution in [2.24, 2.45) is 5.92 Å². The van der Waals surface area contributed by atoms with Gasteiger partial charge in [-0.3, -0.25) is 4.79 Å². The molecule has 1 unspecified atom stereocenters. The van der Waals surface area contributed by atoms with Gasteiger partial charge in [-0.2, -0.15) is 0 Å². The van der Waals surface area contributed by atoms with Crippen LogP contribution >= 0.6 is 0 Å². The summed E-state index contributed by atoms with van der Waals surface area (Å²) in [5.74, 6) is 0.813. The molecule has 1 atom stereocenters. The van der Waals surface area contributed by atoms with Gasteiger partial charge in [0.1, 0.15) is 0 Å². The van der Waals surface area contributed by atoms with Crippen molar-refractivity contribution >= 4 is 5.91 Å². The van der Waals surface area contributed by atoms with Crippen LogP contribution in [0.2, 0.25) is 0 Å². The second-order valence-electron chi connectivity index (χ2n) is 6.77. The fourth-order valence-electron chi connectivity index (χ4n) is 2.66. The minimum absolute atomic E-state index is 0.105. The van der Waals surface area contributed by atoms with E-state index >= 15 is 0 Å². The van der Waals surface area contributed by atoms with E-state index in [1.165, 1.54) is 24.0 Å². The molecular weight excluding hydrogens is 234 g/mol. The molecule has 0 fully saturated rings. The lowest BCUT2D eigenvalue weighted by molar-refractivity contribution is -0.132. The predicted octanol–water partition coefficient (Wildman–Crippen LogP) is 4.33. The zero-order valence-electron chi connectivity index (χ0n) is 13.4. The van der Waals surface area contributed by atoms with Crippen molar-refractivity contribution < 1.29 is 4.79 Å². The summed E-state index contributed by atoms with van der Waals surface area (Å²) in [4.78, 5) is 13.6. The molecule has 19 heavy (non-hydrogen) atoms. The first-order valence-electron chi connectivity index (χ1n) is 7.32. The Morgan fingerprint density at radius 1 is 1.42 bits per heavy atom. The van der Waals surface area contributed by atoms with Crippen molar-refractivity contribution in [2.45, 2.75) is 66.3 Å². The van der Waals surface area contributed by atoms with Crippen molar-refractivity contribution in [2.75, 3.05) is 6.54 Å². The van der Waals surface area contributed by atoms with Crippen molar-refractivity contribution in [1.82, 2.24) is 4.90 Å². The third-order valence-electron chi connectivity index (χ3n) is 4.07. The van der Waals surface area contributed by atoms with Crippen LogP contribution in [0.3, 0.4) is 0 Å². The van der Waals surface area contributed by atoms with Gasteiger partial charge in [0, 0.05) is 19.0 Å². The molecule has 108 valence electrons. The van der Waals surface area contributed by atoms with E-state index in [0.29, 0.717) is 5.92 Å². The van der Waals surface area contributed by atoms with Crippen LogP contribution in [0.15, 0.2) is 23.3 Å². The van der Waals surface area contributed by atoms with E-state index < -0.39 is 0 Å². The molecule has 1 aliphatic rings. The van der Waals surface area contributed by atoms with Gasteiger partial charge in [0.05, 0.1) is 0 Å². The van der Waals surface area contributed by atoms with Gasteiger partial charge < -0.3 is 4.90 Å². The monoisotopic (exact) mass is 263 g/mol. The average molecular weight is 263 g/mol. The first kappa shape index (κ1) is 16.0. The average Bonchev–Trinajstić information content (AvgIpc) is 2.27. The Hall–Kier alpha value is -1.05. The fourth-order valence-corrected chi connectivity index (χ4v) is 2.66. The topological polar surface area (TPSA) is 20.3 Å². The molecule has 0 heterocycles. The maximum atomic E-state index is 11.7. The Morgan fingerprint density at radius 2 is 2.05 bits per heavy atom. The number of allylic oxidation sites excluding steroid dienone is 3. The summed E-state index contributed by atoms with van der Waals surface area (Å²) >= 11 is 0. The molecule has 0 aromatic heterocycles. The van der Waals surface area contributed by atoms with E-state index in [1.54, 1.807) is 6.92 Å². The highest BCUT2D eigenvalue weighted by Crippen LogP contribution is 2.28. The van der Waals surface area contributed by atoms with E-state index in [-0.39, 0.29) is 11.4 Å². The maximum absolute atomic E-state index is 11.7. The minimum atomic E-state index is -0.105. The highest BCUT2D eigenvalue weighted by atomic mass is 16.2. The zero-order chi connectivity index (χ0) is 14.6. The number of rotatable bonds is 3. The summed E-state index contributed by atoms with van der Waals surface area (Å²) in [7, 11) is 0. The van der Waals surface area contributed by atoms with Gasteiger partial charge >= 0.3 is 0 Å². The zero-order valence-corrected chi connectivity index (χ0v) is 13.4. The quantitative estimate of drug-likeness (QED) is 0.694. The maximum Gasteiger partial charge on any atom is 0.220 e. The Balaban J connectivity index is 2.66. The lowest BCUT2D eigenvalue weighted by atomic mass is 9.85. The van der Waals surface area contributed by atoms with Gasteiger partial charge in [-0.05, 0) is 59.8 Å². The second kappa shape index (κ2) is 6.40. The standard InChI is InChI=1S/C17H29NO/c1-13-7-9-16(10-8-13)14(2)11-12-18(15(3)19)17(4,5)6/h7,11,16H,8-10,12H2,1-6H3. The second-order valence-corrected chi connectivity index (χ2v) is 6.77. The molecule has 0 saturated carbocycles. The van der Waals surface area contributed by atoms with E-state index in [4.69, 9.17) is 0 Å². The predicted molar refractivity (Wildman–Crippen MR) is 82.0 cm³/mol. The van der Waals surface area contributed by atoms with Crippen LogP contribution in [0.5, 0.6) is 0 Å². The van der Waals surface area contributed by atoms with Gasteiger partial charge in [0.25, 0.3) is 0 Å². The molecule has 1 aliphatic carbocycles. The van der Waals surface area contributed by atoms with Crippen molar-refractivity contribution in [1.29, 1.82) is 0 Å². The Bertz CT molecular complexity index is 385. The van der Waals surface area contributed by atoms with Crippen LogP contribution in [-0.4, -0.2) is 22.9 Å². The largest absolute Gasteiger partial charge is 0.334 e. The molecule has 0 bridgehead atoms. The number of carbonyl (C=O) groups excluding carboxylic acids is 1. The van der Waals surface area contributed by atoms with Gasteiger partial charge in [-0.25, -0.2) is 0 Å². The van der Waals surface area contributed by atoms with E-state index in [0.717, 1.165) is 13.0 Å². The van der Waals surface area contributed by atoms with E-state index in [9.17, 15) is 4.79 Å². The number of hydrogen-bond acceptors (Lipinski definition) is 1. The van der Waals surface area contributed by atoms with Crippen LogP contribution < -0.4 is 0 Å². The number of hydrogen-bond donors (Lipinski definition) is 0. The van der Waals surface area contributed by atoms with Gasteiger partial charge in [-0.1, -0.05) is 23.3 Å². The number of nitrogens with zero attached hydrogens (tertiary/aromatic N) is 1. The number of amides is 1. The molecule has 0 aliphatic heterocycles. The minimum Gasteiger partial charge on any atom is -0.334 e. The van der Waals surface area contributed by atoms with Crippen LogP contribution in [0.25, 0.3) is 0 Å². The summed E-state index contributed by atoms with van der Waals surface area (Å²) in [6.45, 7) is 13.1. The lowest BCUT2D eigenvalue weighted by Crippen LogP contribution is -2.44. The van der Waals surface area contributed by atoms with E-state index in [2.05, 4.69) is 46.8 Å². The lowest BCUT2D eigenvalue weighted by Gasteiger charge is -2.34. The Labute approximate surface area is 118 Å². The van der Waals surface area contributed by atoms with Crippen LogP contribution in [0.4, 0.5) is 0 Å². The van der Waals surface area contributed by atoms with Crippen molar-refractivity contribution in [3.05, 3.63) is 23.3 Å². The van der Waals surface area contributed by atoms with Crippen molar-refractivity contribution in [3.63, 3.8) is 0 Å². The molecule has 1 rings (SSSR count). The molecule has 0 saturated heterocycles. The van der Waals surface area contributed by atoms with E-state index in [1.807, 2.05) is 4.90 Å². The molecule has 0 radical (unpaired) electrons. The van der Waals surface area contributed by atoms with Gasteiger partial charge in [0.15, 0.2) is 0 Å². The summed E-state index contributed by atoms with van der Waals surface area (Å²) < 4.78 is 0. The summed E-state index contributed by atoms with van der Waals surface area (Å²) in [5, 5.41) is 0. The van der Waals surface area contributed by atoms with Crippen molar-refractivity contribution in [3.8, 4) is 0 Å². The third-order valence-corrected chi connectivity index (χ3v) is 4.07. The summed E-state index contributed by atoms with van der Waals surface area (Å²) in [6.07, 6.45) is 8.22. The molecular formula is C17H29NO. The highest BCUT2D eigenvalue weighted by molar-refractivity contribution is 5.74. The fraction of sp³-hybridized carbons (Fsp3) is 0.706. The van der Waals surface area contributed by atoms with Crippen LogP contribution in [-0.2, 0) is 4.79 Å². The molecule has 2 nitrogen and oxygen atoms in total. The molecule has 0 aromatic rings. The summed E-state index contributed by atoms with van der Waals surface area (Å²) in [5.41, 5.74) is 2.84. The van der Waals surface area contributed by atoms with Crippen LogP contribution in [0, 0.1) is 5.92 Å². The smallest absolute Gasteiger partial charge is 0.220 e. The third kappa shape index (κ3) is 4.85. The van der Waals surface area contributed by atoms with Gasteiger partial charge in [0.2, 0.25) is 5.91 Å². The van der Waals surface area contributed by atoms with Crippen LogP contribution in [0.1, 0.15) is 60.8 Å². The highest BCUT2D eigenvalue weighted by Gasteiger charge is 2.23. The normalized spacial score (nSPS) is 21.1. The first-order chi connectivity index (χ1) is 8.71. The van der Waals surface area contributed by atoms with Gasteiger partial charge in [-0.15, -0.1) is 0 Å². The Kier molecular flexibility index (Phi) is 5.39. The summed E-state index contributed by atoms with van der Waals surface area (Å²) in [6, 6.07) is 0. The number of carbonyl (C=O) groups is 1. The molecule has 0 spiro atoms. The molecule has 1 amide bonds. The SMILES string of the molecule is CC(=O)N(CC=C(C)C1CC=C(C)CC1)C(C)(C)C. The Morgan fingerprint density at radius 3 is 2.47 bits per heavy atom. The first-order valence-corrected chi connectivity index (χ1v) is 7.32.